The van der Waals surface area contributed by atoms with Gasteiger partial charge in [-0.2, -0.15) is 0 Å². The second-order valence-electron chi connectivity index (χ2n) is 5.09. The Morgan fingerprint density at radius 3 is 2.68 bits per heavy atom. The van der Waals surface area contributed by atoms with Gasteiger partial charge in [-0.15, -0.1) is 0 Å². The van der Waals surface area contributed by atoms with Gasteiger partial charge in [0.15, 0.2) is 0 Å². The summed E-state index contributed by atoms with van der Waals surface area (Å²) in [6, 6.07) is 5.58. The predicted octanol–water partition coefficient (Wildman–Crippen LogP) is 3.12. The number of benzene rings is 1. The zero-order valence-electron chi connectivity index (χ0n) is 13.6. The molecule has 0 aliphatic carbocycles. The number of rotatable bonds is 10. The maximum absolute atomic E-state index is 10.7. The van der Waals surface area contributed by atoms with Crippen molar-refractivity contribution in [2.75, 3.05) is 13.7 Å². The van der Waals surface area contributed by atoms with Crippen LogP contribution < -0.4 is 9.84 Å². The minimum Gasteiger partial charge on any atom is -0.545 e. The fourth-order valence-electron chi connectivity index (χ4n) is 2.38. The van der Waals surface area contributed by atoms with Crippen molar-refractivity contribution in [2.45, 2.75) is 45.6 Å². The third-order valence-corrected chi connectivity index (χ3v) is 3.48. The van der Waals surface area contributed by atoms with Crippen molar-refractivity contribution >= 4 is 12.0 Å². The van der Waals surface area contributed by atoms with Crippen LogP contribution in [0.3, 0.4) is 0 Å². The van der Waals surface area contributed by atoms with Crippen LogP contribution in [0.25, 0.3) is 6.08 Å². The fraction of sp³-hybridized carbons (Fsp3) is 0.500. The zero-order chi connectivity index (χ0) is 16.4. The van der Waals surface area contributed by atoms with E-state index in [2.05, 4.69) is 6.92 Å². The van der Waals surface area contributed by atoms with E-state index in [1.54, 1.807) is 13.2 Å². The van der Waals surface area contributed by atoms with Gasteiger partial charge in [0.1, 0.15) is 5.75 Å². The van der Waals surface area contributed by atoms with Gasteiger partial charge in [0, 0.05) is 6.61 Å². The van der Waals surface area contributed by atoms with Gasteiger partial charge in [-0.25, -0.2) is 0 Å². The maximum Gasteiger partial charge on any atom is 0.119 e. The molecule has 1 aromatic rings. The van der Waals surface area contributed by atoms with E-state index >= 15 is 0 Å². The summed E-state index contributed by atoms with van der Waals surface area (Å²) >= 11 is 0. The maximum atomic E-state index is 10.7. The summed E-state index contributed by atoms with van der Waals surface area (Å²) in [5, 5.41) is 10.7. The molecule has 0 radical (unpaired) electrons. The van der Waals surface area contributed by atoms with Crippen LogP contribution in [0.4, 0.5) is 0 Å². The molecule has 0 aromatic heterocycles. The number of ether oxygens (including phenoxy) is 2. The Morgan fingerprint density at radius 1 is 1.32 bits per heavy atom. The zero-order valence-corrected chi connectivity index (χ0v) is 13.6. The number of methoxy groups -OCH3 is 1. The molecule has 0 saturated heterocycles. The number of hydrogen-bond acceptors (Lipinski definition) is 4. The highest BCUT2D eigenvalue weighted by Gasteiger charge is 2.15. The van der Waals surface area contributed by atoms with Gasteiger partial charge >= 0.3 is 0 Å². The van der Waals surface area contributed by atoms with Crippen molar-refractivity contribution in [3.05, 3.63) is 35.4 Å². The Kier molecular flexibility index (Phi) is 8.30. The molecule has 1 rings (SSSR count). The van der Waals surface area contributed by atoms with Crippen LogP contribution in [0.1, 0.15) is 56.8 Å². The molecule has 0 spiro atoms. The molecule has 1 aromatic carbocycles. The molecule has 0 fully saturated rings. The van der Waals surface area contributed by atoms with Crippen molar-refractivity contribution in [1.29, 1.82) is 0 Å². The van der Waals surface area contributed by atoms with Crippen LogP contribution in [0, 0.1) is 0 Å². The standard InChI is InChI=1S/C18H26O4/c1-4-6-7-8-17(22-5-2)16-13-15(21-3)11-9-14(16)10-12-18(19)20/h9-13,17H,4-8H2,1-3H3,(H,19,20)/p-1/b12-10+. The quantitative estimate of drug-likeness (QED) is 0.492. The molecule has 0 aliphatic heterocycles. The highest BCUT2D eigenvalue weighted by atomic mass is 16.5. The van der Waals surface area contributed by atoms with E-state index in [0.717, 1.165) is 48.6 Å². The third-order valence-electron chi connectivity index (χ3n) is 3.48. The number of hydrogen-bond donors (Lipinski definition) is 0. The SMILES string of the molecule is CCCCCC(OCC)c1cc(OC)ccc1/C=C/C(=O)[O-]. The van der Waals surface area contributed by atoms with Gasteiger partial charge < -0.3 is 19.4 Å². The van der Waals surface area contributed by atoms with Crippen LogP contribution >= 0.6 is 0 Å². The van der Waals surface area contributed by atoms with Gasteiger partial charge in [0.2, 0.25) is 0 Å². The lowest BCUT2D eigenvalue weighted by molar-refractivity contribution is -0.297. The number of carboxylic acids is 1. The average Bonchev–Trinajstić information content (AvgIpc) is 2.52. The first kappa shape index (κ1) is 18.2. The van der Waals surface area contributed by atoms with Crippen LogP contribution in [0.5, 0.6) is 5.75 Å². The summed E-state index contributed by atoms with van der Waals surface area (Å²) in [5.74, 6) is -0.471. The summed E-state index contributed by atoms with van der Waals surface area (Å²) in [4.78, 5) is 10.7. The third kappa shape index (κ3) is 5.90. The van der Waals surface area contributed by atoms with Gasteiger partial charge in [0.25, 0.3) is 0 Å². The van der Waals surface area contributed by atoms with Gasteiger partial charge in [-0.05, 0) is 42.7 Å². The molecular formula is C18H25O4-. The lowest BCUT2D eigenvalue weighted by atomic mass is 9.97. The second-order valence-corrected chi connectivity index (χ2v) is 5.09. The molecule has 1 atom stereocenters. The largest absolute Gasteiger partial charge is 0.545 e. The molecule has 0 amide bonds. The van der Waals surface area contributed by atoms with Crippen molar-refractivity contribution in [3.63, 3.8) is 0 Å². The summed E-state index contributed by atoms with van der Waals surface area (Å²) in [5.41, 5.74) is 1.77. The van der Waals surface area contributed by atoms with Gasteiger partial charge in [-0.3, -0.25) is 0 Å². The monoisotopic (exact) mass is 305 g/mol. The number of aliphatic carboxylic acids is 1. The van der Waals surface area contributed by atoms with E-state index in [0.29, 0.717) is 6.61 Å². The average molecular weight is 305 g/mol. The number of carbonyl (C=O) groups excluding carboxylic acids is 1. The van der Waals surface area contributed by atoms with Gasteiger partial charge in [-0.1, -0.05) is 38.3 Å². The van der Waals surface area contributed by atoms with E-state index in [9.17, 15) is 9.90 Å². The molecule has 4 nitrogen and oxygen atoms in total. The fourth-order valence-corrected chi connectivity index (χ4v) is 2.38. The Hall–Kier alpha value is -1.81. The number of carboxylic acid groups (broad SMARTS) is 1. The first-order chi connectivity index (χ1) is 10.6. The Bertz CT molecular complexity index is 494. The number of unbranched alkanes of at least 4 members (excludes halogenated alkanes) is 2. The molecular weight excluding hydrogens is 280 g/mol. The number of carbonyl (C=O) groups is 1. The van der Waals surface area contributed by atoms with Crippen LogP contribution in [0.2, 0.25) is 0 Å². The van der Waals surface area contributed by atoms with E-state index in [1.807, 2.05) is 25.1 Å². The van der Waals surface area contributed by atoms with E-state index in [-0.39, 0.29) is 6.10 Å². The molecule has 0 bridgehead atoms. The Balaban J connectivity index is 3.09. The molecule has 22 heavy (non-hydrogen) atoms. The molecule has 0 aliphatic rings. The topological polar surface area (TPSA) is 58.6 Å². The second kappa shape index (κ2) is 10.0. The Labute approximate surface area is 132 Å². The van der Waals surface area contributed by atoms with Crippen molar-refractivity contribution in [3.8, 4) is 5.75 Å². The Morgan fingerprint density at radius 2 is 2.09 bits per heavy atom. The molecule has 0 N–H and O–H groups in total. The first-order valence-corrected chi connectivity index (χ1v) is 7.80. The summed E-state index contributed by atoms with van der Waals surface area (Å²) in [7, 11) is 1.61. The van der Waals surface area contributed by atoms with Crippen molar-refractivity contribution in [2.24, 2.45) is 0 Å². The molecule has 122 valence electrons. The lowest BCUT2D eigenvalue weighted by Crippen LogP contribution is -2.18. The summed E-state index contributed by atoms with van der Waals surface area (Å²) in [6.45, 7) is 4.73. The summed E-state index contributed by atoms with van der Waals surface area (Å²) in [6.07, 6.45) is 6.80. The highest BCUT2D eigenvalue weighted by molar-refractivity contribution is 5.84. The molecule has 0 heterocycles. The minimum atomic E-state index is -1.21. The summed E-state index contributed by atoms with van der Waals surface area (Å²) < 4.78 is 11.2. The molecule has 0 saturated carbocycles. The van der Waals surface area contributed by atoms with Crippen LogP contribution in [-0.2, 0) is 9.53 Å². The highest BCUT2D eigenvalue weighted by Crippen LogP contribution is 2.31. The van der Waals surface area contributed by atoms with Crippen LogP contribution in [0.15, 0.2) is 24.3 Å². The normalized spacial score (nSPS) is 12.5. The molecule has 1 unspecified atom stereocenters. The van der Waals surface area contributed by atoms with Crippen LogP contribution in [-0.4, -0.2) is 19.7 Å². The minimum absolute atomic E-state index is 0.0620. The van der Waals surface area contributed by atoms with E-state index in [4.69, 9.17) is 9.47 Å². The predicted molar refractivity (Wildman–Crippen MR) is 85.5 cm³/mol. The molecule has 4 heteroatoms. The van der Waals surface area contributed by atoms with E-state index in [1.165, 1.54) is 0 Å². The van der Waals surface area contributed by atoms with Crippen molar-refractivity contribution < 1.29 is 19.4 Å². The first-order valence-electron chi connectivity index (χ1n) is 7.80. The lowest BCUT2D eigenvalue weighted by Gasteiger charge is -2.20. The smallest absolute Gasteiger partial charge is 0.119 e. The van der Waals surface area contributed by atoms with Crippen molar-refractivity contribution in [1.82, 2.24) is 0 Å². The van der Waals surface area contributed by atoms with Gasteiger partial charge in [0.05, 0.1) is 19.2 Å². The van der Waals surface area contributed by atoms with E-state index < -0.39 is 5.97 Å².